The average molecular weight is 238 g/mol. The van der Waals surface area contributed by atoms with Crippen molar-refractivity contribution in [3.8, 4) is 0 Å². The van der Waals surface area contributed by atoms with Gasteiger partial charge >= 0.3 is 0 Å². The van der Waals surface area contributed by atoms with Crippen molar-refractivity contribution in [3.05, 3.63) is 28.2 Å². The fourth-order valence-electron chi connectivity index (χ4n) is 1.53. The van der Waals surface area contributed by atoms with E-state index in [0.717, 1.165) is 16.5 Å². The molecule has 0 radical (unpaired) electrons. The summed E-state index contributed by atoms with van der Waals surface area (Å²) >= 11 is 1.60. The van der Waals surface area contributed by atoms with Gasteiger partial charge in [0.05, 0.1) is 16.8 Å². The molecule has 0 aliphatic rings. The number of aromatic nitrogens is 4. The van der Waals surface area contributed by atoms with E-state index in [2.05, 4.69) is 15.1 Å². The highest BCUT2D eigenvalue weighted by Gasteiger charge is 2.12. The summed E-state index contributed by atoms with van der Waals surface area (Å²) in [5, 5.41) is 16.9. The molecule has 1 atom stereocenters. The van der Waals surface area contributed by atoms with Crippen LogP contribution in [0.15, 0.2) is 11.7 Å². The molecule has 5 nitrogen and oxygen atoms in total. The van der Waals surface area contributed by atoms with Gasteiger partial charge in [0.25, 0.3) is 0 Å². The minimum Gasteiger partial charge on any atom is -0.392 e. The van der Waals surface area contributed by atoms with Gasteiger partial charge in [0.15, 0.2) is 0 Å². The van der Waals surface area contributed by atoms with Gasteiger partial charge in [-0.05, 0) is 6.92 Å². The fourth-order valence-corrected chi connectivity index (χ4v) is 2.16. The highest BCUT2D eigenvalue weighted by Crippen LogP contribution is 2.11. The molecular weight excluding hydrogens is 224 g/mol. The second-order valence-corrected chi connectivity index (χ2v) is 4.78. The van der Waals surface area contributed by atoms with E-state index in [0.29, 0.717) is 12.8 Å². The molecule has 0 fully saturated rings. The molecule has 1 unspecified atom stereocenters. The molecule has 0 amide bonds. The highest BCUT2D eigenvalue weighted by atomic mass is 32.1. The molecule has 1 N–H and O–H groups in total. The zero-order chi connectivity index (χ0) is 11.5. The molecule has 86 valence electrons. The first-order chi connectivity index (χ1) is 7.65. The topological polar surface area (TPSA) is 63.8 Å². The molecule has 16 heavy (non-hydrogen) atoms. The molecule has 0 aromatic carbocycles. The van der Waals surface area contributed by atoms with Crippen LogP contribution >= 0.6 is 11.3 Å². The zero-order valence-corrected chi connectivity index (χ0v) is 10.1. The SMILES string of the molecule is Cc1nc(CC(O)Cc2ncnn2C)cs1. The Labute approximate surface area is 97.8 Å². The smallest absolute Gasteiger partial charge is 0.138 e. The normalized spacial score (nSPS) is 12.9. The molecule has 2 rings (SSSR count). The zero-order valence-electron chi connectivity index (χ0n) is 9.29. The molecule has 0 saturated heterocycles. The maximum absolute atomic E-state index is 9.89. The summed E-state index contributed by atoms with van der Waals surface area (Å²) in [6.07, 6.45) is 2.11. The number of nitrogens with zero attached hydrogens (tertiary/aromatic N) is 4. The maximum atomic E-state index is 9.89. The minimum absolute atomic E-state index is 0.454. The van der Waals surface area contributed by atoms with Crippen molar-refractivity contribution in [2.45, 2.75) is 25.9 Å². The number of thiazole rings is 1. The van der Waals surface area contributed by atoms with Crippen LogP contribution in [0.4, 0.5) is 0 Å². The van der Waals surface area contributed by atoms with Gasteiger partial charge in [-0.1, -0.05) is 0 Å². The third kappa shape index (κ3) is 2.65. The van der Waals surface area contributed by atoms with Gasteiger partial charge in [-0.25, -0.2) is 9.97 Å². The Morgan fingerprint density at radius 3 is 2.88 bits per heavy atom. The van der Waals surface area contributed by atoms with E-state index < -0.39 is 6.10 Å². The monoisotopic (exact) mass is 238 g/mol. The minimum atomic E-state index is -0.454. The lowest BCUT2D eigenvalue weighted by Crippen LogP contribution is -2.17. The van der Waals surface area contributed by atoms with Crippen molar-refractivity contribution in [2.24, 2.45) is 7.05 Å². The molecule has 2 aromatic rings. The largest absolute Gasteiger partial charge is 0.392 e. The molecule has 0 aliphatic heterocycles. The lowest BCUT2D eigenvalue weighted by molar-refractivity contribution is 0.170. The first-order valence-electron chi connectivity index (χ1n) is 5.07. The van der Waals surface area contributed by atoms with Gasteiger partial charge in [0.2, 0.25) is 0 Å². The summed E-state index contributed by atoms with van der Waals surface area (Å²) in [5.41, 5.74) is 0.942. The Morgan fingerprint density at radius 1 is 1.50 bits per heavy atom. The van der Waals surface area contributed by atoms with Crippen molar-refractivity contribution < 1.29 is 5.11 Å². The highest BCUT2D eigenvalue weighted by molar-refractivity contribution is 7.09. The molecule has 2 heterocycles. The maximum Gasteiger partial charge on any atom is 0.138 e. The lowest BCUT2D eigenvalue weighted by atomic mass is 10.1. The first kappa shape index (κ1) is 11.2. The summed E-state index contributed by atoms with van der Waals surface area (Å²) in [6.45, 7) is 1.96. The van der Waals surface area contributed by atoms with Crippen LogP contribution in [0.25, 0.3) is 0 Å². The number of hydrogen-bond donors (Lipinski definition) is 1. The lowest BCUT2D eigenvalue weighted by Gasteiger charge is -2.07. The summed E-state index contributed by atoms with van der Waals surface area (Å²) in [5.74, 6) is 0.791. The Kier molecular flexibility index (Phi) is 3.31. The van der Waals surface area contributed by atoms with Crippen LogP contribution in [0.5, 0.6) is 0 Å². The Bertz CT molecular complexity index is 465. The molecule has 0 bridgehead atoms. The number of hydrogen-bond acceptors (Lipinski definition) is 5. The molecular formula is C10H14N4OS. The van der Waals surface area contributed by atoms with Crippen LogP contribution in [0.3, 0.4) is 0 Å². The van der Waals surface area contributed by atoms with Crippen molar-refractivity contribution in [2.75, 3.05) is 0 Å². The van der Waals surface area contributed by atoms with E-state index in [-0.39, 0.29) is 0 Å². The van der Waals surface area contributed by atoms with Gasteiger partial charge in [0.1, 0.15) is 12.2 Å². The van der Waals surface area contributed by atoms with Crippen molar-refractivity contribution >= 4 is 11.3 Å². The third-order valence-corrected chi connectivity index (χ3v) is 3.16. The second kappa shape index (κ2) is 4.71. The number of aryl methyl sites for hydroxylation is 2. The Balaban J connectivity index is 1.94. The van der Waals surface area contributed by atoms with Gasteiger partial charge in [0, 0.05) is 25.3 Å². The van der Waals surface area contributed by atoms with Crippen LogP contribution in [0.2, 0.25) is 0 Å². The van der Waals surface area contributed by atoms with Crippen LogP contribution in [0, 0.1) is 6.92 Å². The van der Waals surface area contributed by atoms with E-state index >= 15 is 0 Å². The summed E-state index contributed by atoms with van der Waals surface area (Å²) in [6, 6.07) is 0. The number of aliphatic hydroxyl groups is 1. The van der Waals surface area contributed by atoms with E-state index in [1.165, 1.54) is 6.33 Å². The number of rotatable bonds is 4. The van der Waals surface area contributed by atoms with Gasteiger partial charge < -0.3 is 5.11 Å². The molecule has 2 aromatic heterocycles. The van der Waals surface area contributed by atoms with Gasteiger partial charge in [-0.2, -0.15) is 5.10 Å². The third-order valence-electron chi connectivity index (χ3n) is 2.33. The number of aliphatic hydroxyl groups excluding tert-OH is 1. The molecule has 0 spiro atoms. The van der Waals surface area contributed by atoms with E-state index in [9.17, 15) is 5.11 Å². The molecule has 0 saturated carbocycles. The van der Waals surface area contributed by atoms with Crippen LogP contribution in [-0.4, -0.2) is 31.0 Å². The van der Waals surface area contributed by atoms with Crippen molar-refractivity contribution in [3.63, 3.8) is 0 Å². The van der Waals surface area contributed by atoms with E-state index in [4.69, 9.17) is 0 Å². The van der Waals surface area contributed by atoms with Gasteiger partial charge in [-0.15, -0.1) is 11.3 Å². The quantitative estimate of drug-likeness (QED) is 0.852. The van der Waals surface area contributed by atoms with E-state index in [1.54, 1.807) is 16.0 Å². The second-order valence-electron chi connectivity index (χ2n) is 3.72. The van der Waals surface area contributed by atoms with Crippen LogP contribution in [0.1, 0.15) is 16.5 Å². The van der Waals surface area contributed by atoms with Crippen molar-refractivity contribution in [1.82, 2.24) is 19.7 Å². The van der Waals surface area contributed by atoms with Gasteiger partial charge in [-0.3, -0.25) is 4.68 Å². The summed E-state index contributed by atoms with van der Waals surface area (Å²) in [7, 11) is 1.82. The molecule has 6 heteroatoms. The summed E-state index contributed by atoms with van der Waals surface area (Å²) < 4.78 is 1.68. The first-order valence-corrected chi connectivity index (χ1v) is 5.95. The Morgan fingerprint density at radius 2 is 2.31 bits per heavy atom. The van der Waals surface area contributed by atoms with Crippen molar-refractivity contribution in [1.29, 1.82) is 0 Å². The van der Waals surface area contributed by atoms with Crippen LogP contribution in [-0.2, 0) is 19.9 Å². The summed E-state index contributed by atoms with van der Waals surface area (Å²) in [4.78, 5) is 8.39. The predicted molar refractivity (Wildman–Crippen MR) is 61.3 cm³/mol. The van der Waals surface area contributed by atoms with E-state index in [1.807, 2.05) is 19.4 Å². The average Bonchev–Trinajstić information content (AvgIpc) is 2.77. The predicted octanol–water partition coefficient (Wildman–Crippen LogP) is 0.726. The standard InChI is InChI=1S/C10H14N4OS/c1-7-13-8(5-16-7)3-9(15)4-10-11-6-12-14(10)2/h5-6,9,15H,3-4H2,1-2H3. The fraction of sp³-hybridized carbons (Fsp3) is 0.500. The van der Waals surface area contributed by atoms with Crippen LogP contribution < -0.4 is 0 Å². The molecule has 0 aliphatic carbocycles. The Hall–Kier alpha value is -1.27.